The highest BCUT2D eigenvalue weighted by molar-refractivity contribution is 7.15. The number of carbonyl (C=O) groups is 2. The number of amides is 1. The Kier molecular flexibility index (Phi) is 4.05. The molecule has 7 heteroatoms. The van der Waals surface area contributed by atoms with Crippen LogP contribution >= 0.6 is 22.7 Å². The van der Waals surface area contributed by atoms with Gasteiger partial charge in [0.15, 0.2) is 0 Å². The number of rotatable bonds is 3. The maximum absolute atomic E-state index is 12.4. The number of carbonyl (C=O) groups excluding carboxylic acids is 1. The van der Waals surface area contributed by atoms with Crippen molar-refractivity contribution in [2.45, 2.75) is 6.10 Å². The number of nitrogens with zero attached hydrogens (tertiary/aromatic N) is 1. The highest BCUT2D eigenvalue weighted by atomic mass is 32.1. The molecule has 21 heavy (non-hydrogen) atoms. The van der Waals surface area contributed by atoms with E-state index in [2.05, 4.69) is 0 Å². The summed E-state index contributed by atoms with van der Waals surface area (Å²) in [5, 5.41) is 12.9. The predicted molar refractivity (Wildman–Crippen MR) is 80.2 cm³/mol. The van der Waals surface area contributed by atoms with Crippen LogP contribution in [0.4, 0.5) is 0 Å². The Balaban J connectivity index is 1.73. The molecule has 0 saturated carbocycles. The summed E-state index contributed by atoms with van der Waals surface area (Å²) in [7, 11) is 0. The van der Waals surface area contributed by atoms with E-state index >= 15 is 0 Å². The average Bonchev–Trinajstić information content (AvgIpc) is 3.18. The molecule has 0 aromatic carbocycles. The molecule has 1 atom stereocenters. The lowest BCUT2D eigenvalue weighted by Crippen LogP contribution is -2.41. The second-order valence-corrected chi connectivity index (χ2v) is 6.50. The number of morpholine rings is 1. The molecule has 2 aromatic heterocycles. The van der Waals surface area contributed by atoms with Crippen LogP contribution in [-0.4, -0.2) is 41.6 Å². The molecule has 0 spiro atoms. The SMILES string of the molecule is O=C(O)c1ccc(C(=O)N2CCO[C@@H](c3ccsc3)C2)s1. The standard InChI is InChI=1S/C14H13NO4S2/c16-13(11-1-2-12(21-11)14(17)18)15-4-5-19-10(7-15)9-3-6-20-8-9/h1-3,6,8,10H,4-5,7H2,(H,17,18)/t10-/m1/s1. The number of ether oxygens (including phenoxy) is 1. The van der Waals surface area contributed by atoms with Crippen LogP contribution in [-0.2, 0) is 4.74 Å². The summed E-state index contributed by atoms with van der Waals surface area (Å²) >= 11 is 2.61. The molecule has 1 aliphatic heterocycles. The van der Waals surface area contributed by atoms with E-state index in [1.54, 1.807) is 22.3 Å². The molecular weight excluding hydrogens is 310 g/mol. The van der Waals surface area contributed by atoms with Gasteiger partial charge in [0.25, 0.3) is 5.91 Å². The minimum Gasteiger partial charge on any atom is -0.477 e. The van der Waals surface area contributed by atoms with Crippen LogP contribution in [0.1, 0.15) is 31.0 Å². The monoisotopic (exact) mass is 323 g/mol. The molecule has 1 amide bonds. The Hall–Kier alpha value is -1.70. The molecule has 1 saturated heterocycles. The van der Waals surface area contributed by atoms with E-state index in [1.165, 1.54) is 6.07 Å². The molecule has 1 aliphatic rings. The van der Waals surface area contributed by atoms with Gasteiger partial charge in [0.1, 0.15) is 11.0 Å². The van der Waals surface area contributed by atoms with Crippen molar-refractivity contribution in [3.8, 4) is 0 Å². The quantitative estimate of drug-likeness (QED) is 0.943. The highest BCUT2D eigenvalue weighted by Gasteiger charge is 2.27. The normalized spacial score (nSPS) is 18.7. The smallest absolute Gasteiger partial charge is 0.345 e. The molecule has 2 aromatic rings. The Morgan fingerprint density at radius 2 is 2.10 bits per heavy atom. The zero-order valence-electron chi connectivity index (χ0n) is 11.0. The molecule has 0 radical (unpaired) electrons. The zero-order chi connectivity index (χ0) is 14.8. The van der Waals surface area contributed by atoms with Gasteiger partial charge < -0.3 is 14.7 Å². The van der Waals surface area contributed by atoms with Gasteiger partial charge in [-0.25, -0.2) is 4.79 Å². The third-order valence-electron chi connectivity index (χ3n) is 3.30. The minimum atomic E-state index is -1.00. The maximum atomic E-state index is 12.4. The topological polar surface area (TPSA) is 66.8 Å². The first-order valence-electron chi connectivity index (χ1n) is 6.41. The van der Waals surface area contributed by atoms with Crippen LogP contribution < -0.4 is 0 Å². The highest BCUT2D eigenvalue weighted by Crippen LogP contribution is 2.26. The molecule has 1 fully saturated rings. The van der Waals surface area contributed by atoms with Crippen molar-refractivity contribution < 1.29 is 19.4 Å². The Bertz CT molecular complexity index is 650. The van der Waals surface area contributed by atoms with Gasteiger partial charge in [-0.15, -0.1) is 11.3 Å². The molecular formula is C14H13NO4S2. The summed E-state index contributed by atoms with van der Waals surface area (Å²) in [6.45, 7) is 1.51. The van der Waals surface area contributed by atoms with Gasteiger partial charge in [-0.1, -0.05) is 0 Å². The van der Waals surface area contributed by atoms with Crippen molar-refractivity contribution in [1.82, 2.24) is 4.90 Å². The number of aromatic carboxylic acids is 1. The van der Waals surface area contributed by atoms with Crippen LogP contribution in [0.15, 0.2) is 29.0 Å². The molecule has 0 unspecified atom stereocenters. The van der Waals surface area contributed by atoms with Crippen LogP contribution in [0, 0.1) is 0 Å². The van der Waals surface area contributed by atoms with Gasteiger partial charge in [-0.3, -0.25) is 4.79 Å². The molecule has 0 aliphatic carbocycles. The first-order chi connectivity index (χ1) is 10.1. The molecule has 3 rings (SSSR count). The van der Waals surface area contributed by atoms with Crippen molar-refractivity contribution in [2.75, 3.05) is 19.7 Å². The van der Waals surface area contributed by atoms with Crippen molar-refractivity contribution in [3.63, 3.8) is 0 Å². The lowest BCUT2D eigenvalue weighted by Gasteiger charge is -2.32. The van der Waals surface area contributed by atoms with Crippen molar-refractivity contribution in [1.29, 1.82) is 0 Å². The first kappa shape index (κ1) is 14.2. The Morgan fingerprint density at radius 1 is 1.29 bits per heavy atom. The van der Waals surface area contributed by atoms with Crippen LogP contribution in [0.3, 0.4) is 0 Å². The van der Waals surface area contributed by atoms with Gasteiger partial charge in [-0.05, 0) is 34.5 Å². The summed E-state index contributed by atoms with van der Waals surface area (Å²) < 4.78 is 5.70. The maximum Gasteiger partial charge on any atom is 0.345 e. The second-order valence-electron chi connectivity index (χ2n) is 4.64. The van der Waals surface area contributed by atoms with E-state index in [0.717, 1.165) is 16.9 Å². The average molecular weight is 323 g/mol. The summed E-state index contributed by atoms with van der Waals surface area (Å²) in [5.74, 6) is -1.13. The summed E-state index contributed by atoms with van der Waals surface area (Å²) in [6.07, 6.45) is -0.104. The van der Waals surface area contributed by atoms with Gasteiger partial charge in [0, 0.05) is 6.54 Å². The van der Waals surface area contributed by atoms with Crippen molar-refractivity contribution >= 4 is 34.6 Å². The number of carboxylic acids is 1. The lowest BCUT2D eigenvalue weighted by molar-refractivity contribution is -0.0224. The minimum absolute atomic E-state index is 0.104. The van der Waals surface area contributed by atoms with E-state index < -0.39 is 5.97 Å². The van der Waals surface area contributed by atoms with E-state index in [9.17, 15) is 9.59 Å². The zero-order valence-corrected chi connectivity index (χ0v) is 12.7. The fourth-order valence-corrected chi connectivity index (χ4v) is 3.73. The van der Waals surface area contributed by atoms with Crippen molar-refractivity contribution in [3.05, 3.63) is 44.3 Å². The van der Waals surface area contributed by atoms with Crippen LogP contribution in [0.25, 0.3) is 0 Å². The second kappa shape index (κ2) is 5.97. The third-order valence-corrected chi connectivity index (χ3v) is 5.06. The lowest BCUT2D eigenvalue weighted by atomic mass is 10.1. The van der Waals surface area contributed by atoms with Gasteiger partial charge in [-0.2, -0.15) is 11.3 Å². The van der Waals surface area contributed by atoms with Gasteiger partial charge in [0.05, 0.1) is 18.0 Å². The van der Waals surface area contributed by atoms with Crippen molar-refractivity contribution in [2.24, 2.45) is 0 Å². The number of thiophene rings is 2. The van der Waals surface area contributed by atoms with Crippen LogP contribution in [0.2, 0.25) is 0 Å². The fourth-order valence-electron chi connectivity index (χ4n) is 2.22. The number of carboxylic acid groups (broad SMARTS) is 1. The fraction of sp³-hybridized carbons (Fsp3) is 0.286. The Morgan fingerprint density at radius 3 is 2.76 bits per heavy atom. The summed E-state index contributed by atoms with van der Waals surface area (Å²) in [4.78, 5) is 25.7. The van der Waals surface area contributed by atoms with Gasteiger partial charge in [0.2, 0.25) is 0 Å². The van der Waals surface area contributed by atoms with E-state index in [-0.39, 0.29) is 16.9 Å². The van der Waals surface area contributed by atoms with E-state index in [1.807, 2.05) is 16.8 Å². The summed E-state index contributed by atoms with van der Waals surface area (Å²) in [5.41, 5.74) is 1.08. The molecule has 110 valence electrons. The first-order valence-corrected chi connectivity index (χ1v) is 8.17. The molecule has 1 N–H and O–H groups in total. The van der Waals surface area contributed by atoms with Crippen LogP contribution in [0.5, 0.6) is 0 Å². The molecule has 0 bridgehead atoms. The predicted octanol–water partition coefficient (Wildman–Crippen LogP) is 2.72. The largest absolute Gasteiger partial charge is 0.477 e. The summed E-state index contributed by atoms with van der Waals surface area (Å²) in [6, 6.07) is 5.04. The molecule has 5 nitrogen and oxygen atoms in total. The van der Waals surface area contributed by atoms with E-state index in [0.29, 0.717) is 24.6 Å². The third kappa shape index (κ3) is 2.99. The number of hydrogen-bond acceptors (Lipinski definition) is 5. The number of hydrogen-bond donors (Lipinski definition) is 1. The Labute approximate surface area is 129 Å². The van der Waals surface area contributed by atoms with E-state index in [4.69, 9.17) is 9.84 Å². The van der Waals surface area contributed by atoms with Gasteiger partial charge >= 0.3 is 5.97 Å². The molecule has 3 heterocycles.